The summed E-state index contributed by atoms with van der Waals surface area (Å²) in [5, 5.41) is 5.11. The Morgan fingerprint density at radius 2 is 0.735 bits per heavy atom. The van der Waals surface area contributed by atoms with E-state index in [1.807, 2.05) is 0 Å². The Morgan fingerprint density at radius 1 is 0.324 bits per heavy atom. The number of rotatable bonds is 3. The number of hydrogen-bond acceptors (Lipinski definition) is 0. The van der Waals surface area contributed by atoms with Gasteiger partial charge in [-0.15, -0.1) is 0 Å². The second-order valence-corrected chi connectivity index (χ2v) is 9.15. The molecule has 0 unspecified atom stereocenters. The molecule has 0 bridgehead atoms. The average molecular weight is 435 g/mol. The molecule has 0 spiro atoms. The maximum atomic E-state index is 2.34. The van der Waals surface area contributed by atoms with Crippen LogP contribution in [0.5, 0.6) is 0 Å². The topological polar surface area (TPSA) is 0 Å². The summed E-state index contributed by atoms with van der Waals surface area (Å²) in [6, 6.07) is 44.3. The summed E-state index contributed by atoms with van der Waals surface area (Å²) < 4.78 is 0. The van der Waals surface area contributed by atoms with Crippen LogP contribution in [-0.2, 0) is 0 Å². The van der Waals surface area contributed by atoms with E-state index in [1.54, 1.807) is 0 Å². The first-order valence-electron chi connectivity index (χ1n) is 11.9. The molecule has 162 valence electrons. The molecular weight excluding hydrogens is 408 g/mol. The van der Waals surface area contributed by atoms with Crippen LogP contribution < -0.4 is 0 Å². The summed E-state index contributed by atoms with van der Waals surface area (Å²) in [5.41, 5.74) is 10.2. The van der Waals surface area contributed by atoms with Crippen LogP contribution in [0.2, 0.25) is 0 Å². The molecule has 0 heterocycles. The van der Waals surface area contributed by atoms with Crippen molar-refractivity contribution in [2.24, 2.45) is 0 Å². The molecule has 0 aliphatic carbocycles. The summed E-state index contributed by atoms with van der Waals surface area (Å²) in [5.74, 6) is 0. The van der Waals surface area contributed by atoms with E-state index in [2.05, 4.69) is 135 Å². The Balaban J connectivity index is 1.67. The van der Waals surface area contributed by atoms with Crippen LogP contribution in [0.25, 0.3) is 54.9 Å². The molecule has 0 aliphatic heterocycles. The van der Waals surface area contributed by atoms with Crippen molar-refractivity contribution in [1.29, 1.82) is 0 Å². The molecule has 0 aliphatic rings. The fraction of sp³-hybridized carbons (Fsp3) is 0.0588. The molecule has 0 saturated heterocycles. The molecule has 6 aromatic rings. The third kappa shape index (κ3) is 3.49. The Bertz CT molecular complexity index is 1530. The van der Waals surface area contributed by atoms with Gasteiger partial charge in [0.15, 0.2) is 0 Å². The minimum atomic E-state index is 1.27. The van der Waals surface area contributed by atoms with E-state index in [-0.39, 0.29) is 0 Å². The van der Waals surface area contributed by atoms with Gasteiger partial charge < -0.3 is 0 Å². The quantitative estimate of drug-likeness (QED) is 0.260. The van der Waals surface area contributed by atoms with E-state index in [4.69, 9.17) is 0 Å². The Hall–Kier alpha value is -4.16. The summed E-state index contributed by atoms with van der Waals surface area (Å²) in [4.78, 5) is 0. The van der Waals surface area contributed by atoms with Gasteiger partial charge in [0.25, 0.3) is 0 Å². The van der Waals surface area contributed by atoms with Gasteiger partial charge in [-0.1, -0.05) is 132 Å². The van der Waals surface area contributed by atoms with E-state index >= 15 is 0 Å². The van der Waals surface area contributed by atoms with Crippen LogP contribution in [0.15, 0.2) is 121 Å². The van der Waals surface area contributed by atoms with Gasteiger partial charge in [-0.05, 0) is 68.8 Å². The molecule has 0 saturated carbocycles. The molecule has 0 heteroatoms. The number of aryl methyl sites for hydroxylation is 2. The van der Waals surface area contributed by atoms with Crippen molar-refractivity contribution in [1.82, 2.24) is 0 Å². The number of hydrogen-bond donors (Lipinski definition) is 0. The van der Waals surface area contributed by atoms with Gasteiger partial charge in [-0.25, -0.2) is 0 Å². The van der Waals surface area contributed by atoms with Crippen LogP contribution >= 0.6 is 0 Å². The van der Waals surface area contributed by atoms with Crippen molar-refractivity contribution in [2.75, 3.05) is 0 Å². The van der Waals surface area contributed by atoms with Crippen molar-refractivity contribution in [3.63, 3.8) is 0 Å². The monoisotopic (exact) mass is 434 g/mol. The molecule has 0 atom stereocenters. The maximum absolute atomic E-state index is 2.34. The van der Waals surface area contributed by atoms with Crippen LogP contribution in [0, 0.1) is 13.8 Å². The molecule has 6 rings (SSSR count). The van der Waals surface area contributed by atoms with Crippen LogP contribution in [0.1, 0.15) is 11.1 Å². The van der Waals surface area contributed by atoms with E-state index in [0.717, 1.165) is 0 Å². The van der Waals surface area contributed by atoms with Crippen molar-refractivity contribution >= 4 is 21.5 Å². The lowest BCUT2D eigenvalue weighted by atomic mass is 9.85. The second-order valence-electron chi connectivity index (χ2n) is 9.15. The van der Waals surface area contributed by atoms with Gasteiger partial charge in [0.2, 0.25) is 0 Å². The third-order valence-electron chi connectivity index (χ3n) is 6.80. The van der Waals surface area contributed by atoms with Gasteiger partial charge in [0.1, 0.15) is 0 Å². The molecule has 0 N–H and O–H groups in total. The molecule has 0 aromatic heterocycles. The van der Waals surface area contributed by atoms with E-state index in [9.17, 15) is 0 Å². The molecule has 0 fully saturated rings. The zero-order chi connectivity index (χ0) is 23.1. The average Bonchev–Trinajstić information content (AvgIpc) is 2.88. The Labute approximate surface area is 201 Å². The van der Waals surface area contributed by atoms with Gasteiger partial charge >= 0.3 is 0 Å². The van der Waals surface area contributed by atoms with Gasteiger partial charge in [0.05, 0.1) is 0 Å². The van der Waals surface area contributed by atoms with Gasteiger partial charge in [0, 0.05) is 0 Å². The molecule has 34 heavy (non-hydrogen) atoms. The Kier molecular flexibility index (Phi) is 5.00. The first-order valence-corrected chi connectivity index (χ1v) is 11.9. The fourth-order valence-corrected chi connectivity index (χ4v) is 5.15. The zero-order valence-electron chi connectivity index (χ0n) is 19.5. The minimum absolute atomic E-state index is 1.27. The predicted octanol–water partition coefficient (Wildman–Crippen LogP) is 9.61. The maximum Gasteiger partial charge on any atom is -0.00963 e. The van der Waals surface area contributed by atoms with Crippen LogP contribution in [-0.4, -0.2) is 0 Å². The number of fused-ring (bicyclic) bond motifs is 2. The largest absolute Gasteiger partial charge is 0.0616 e. The van der Waals surface area contributed by atoms with Crippen molar-refractivity contribution in [2.45, 2.75) is 13.8 Å². The third-order valence-corrected chi connectivity index (χ3v) is 6.80. The highest BCUT2D eigenvalue weighted by Gasteiger charge is 2.16. The lowest BCUT2D eigenvalue weighted by Crippen LogP contribution is -1.92. The molecule has 0 nitrogen and oxygen atoms in total. The molecule has 0 radical (unpaired) electrons. The van der Waals surface area contributed by atoms with Crippen molar-refractivity contribution < 1.29 is 0 Å². The fourth-order valence-electron chi connectivity index (χ4n) is 5.15. The normalized spacial score (nSPS) is 11.2. The van der Waals surface area contributed by atoms with Crippen molar-refractivity contribution in [3.05, 3.63) is 132 Å². The van der Waals surface area contributed by atoms with E-state index in [0.29, 0.717) is 0 Å². The van der Waals surface area contributed by atoms with Gasteiger partial charge in [-0.2, -0.15) is 0 Å². The lowest BCUT2D eigenvalue weighted by Gasteiger charge is -2.18. The highest BCUT2D eigenvalue weighted by Crippen LogP contribution is 2.42. The summed E-state index contributed by atoms with van der Waals surface area (Å²) in [7, 11) is 0. The van der Waals surface area contributed by atoms with Crippen LogP contribution in [0.3, 0.4) is 0 Å². The standard InChI is InChI=1S/C34H26/c1-23-17-19-31(33(21-23)29-15-7-11-25-9-3-5-13-27(25)29)32-20-18-24(2)22-34(32)30-16-8-12-26-10-4-6-14-28(26)30/h3-22H,1-2H3. The molecule has 6 aromatic carbocycles. The number of benzene rings is 6. The lowest BCUT2D eigenvalue weighted by molar-refractivity contribution is 1.44. The first kappa shape index (κ1) is 20.4. The minimum Gasteiger partial charge on any atom is -0.0616 e. The van der Waals surface area contributed by atoms with Crippen molar-refractivity contribution in [3.8, 4) is 33.4 Å². The second kappa shape index (κ2) is 8.32. The highest BCUT2D eigenvalue weighted by molar-refractivity contribution is 6.05. The summed E-state index contributed by atoms with van der Waals surface area (Å²) >= 11 is 0. The smallest absolute Gasteiger partial charge is 0.00963 e. The molecular formula is C34H26. The van der Waals surface area contributed by atoms with Gasteiger partial charge in [-0.3, -0.25) is 0 Å². The molecule has 0 amide bonds. The highest BCUT2D eigenvalue weighted by atomic mass is 14.2. The Morgan fingerprint density at radius 3 is 1.21 bits per heavy atom. The predicted molar refractivity (Wildman–Crippen MR) is 147 cm³/mol. The SMILES string of the molecule is Cc1ccc(-c2ccc(C)cc2-c2cccc3ccccc23)c(-c2cccc3ccccc23)c1. The zero-order valence-corrected chi connectivity index (χ0v) is 19.5. The van der Waals surface area contributed by atoms with Crippen LogP contribution in [0.4, 0.5) is 0 Å². The first-order chi connectivity index (χ1) is 16.7. The summed E-state index contributed by atoms with van der Waals surface area (Å²) in [6.07, 6.45) is 0. The van der Waals surface area contributed by atoms with E-state index < -0.39 is 0 Å². The summed E-state index contributed by atoms with van der Waals surface area (Å²) in [6.45, 7) is 4.36. The van der Waals surface area contributed by atoms with E-state index in [1.165, 1.54) is 66.1 Å².